The number of amides is 1. The van der Waals surface area contributed by atoms with Crippen LogP contribution in [0.3, 0.4) is 0 Å². The topological polar surface area (TPSA) is 168 Å². The van der Waals surface area contributed by atoms with Gasteiger partial charge in [0, 0.05) is 12.0 Å². The lowest BCUT2D eigenvalue weighted by atomic mass is 10.1. The van der Waals surface area contributed by atoms with Gasteiger partial charge in [0.05, 0.1) is 29.8 Å². The second-order valence-corrected chi connectivity index (χ2v) is 8.69. The maximum absolute atomic E-state index is 12.3. The molecule has 0 saturated heterocycles. The molecule has 4 aromatic carbocycles. The highest BCUT2D eigenvalue weighted by Gasteiger charge is 2.22. The minimum Gasteiger partial charge on any atom is -0.508 e. The Morgan fingerprint density at radius 2 is 1.20 bits per heavy atom. The van der Waals surface area contributed by atoms with Gasteiger partial charge in [-0.1, -0.05) is 36.4 Å². The van der Waals surface area contributed by atoms with Crippen LogP contribution in [-0.2, 0) is 11.2 Å². The van der Waals surface area contributed by atoms with Gasteiger partial charge in [-0.2, -0.15) is 5.10 Å². The van der Waals surface area contributed by atoms with E-state index in [2.05, 4.69) is 5.10 Å². The lowest BCUT2D eigenvalue weighted by Crippen LogP contribution is -2.25. The maximum Gasteiger partial charge on any atom is 0.335 e. The molecule has 0 radical (unpaired) electrons. The van der Waals surface area contributed by atoms with Gasteiger partial charge in [0.2, 0.25) is 5.91 Å². The first-order valence-electron chi connectivity index (χ1n) is 12.4. The first kappa shape index (κ1) is 29.9. The largest absolute Gasteiger partial charge is 0.508 e. The van der Waals surface area contributed by atoms with Gasteiger partial charge in [0.15, 0.2) is 0 Å². The number of hydrazone groups is 1. The number of aromatic hydroxyl groups is 3. The third-order valence-electron chi connectivity index (χ3n) is 5.74. The number of carboxylic acids is 2. The van der Waals surface area contributed by atoms with E-state index in [4.69, 9.17) is 10.2 Å². The Kier molecular flexibility index (Phi) is 10.6. The van der Waals surface area contributed by atoms with Crippen molar-refractivity contribution in [3.05, 3.63) is 125 Å². The molecule has 210 valence electrons. The molecular weight excluding hydrogens is 528 g/mol. The minimum absolute atomic E-state index is 0.000283. The highest BCUT2D eigenvalue weighted by molar-refractivity contribution is 6.02. The van der Waals surface area contributed by atoms with Crippen LogP contribution in [0.15, 0.2) is 108 Å². The molecule has 10 nitrogen and oxygen atoms in total. The predicted molar refractivity (Wildman–Crippen MR) is 151 cm³/mol. The molecule has 5 rings (SSSR count). The molecule has 0 aliphatic carbocycles. The average molecular weight is 557 g/mol. The van der Waals surface area contributed by atoms with Crippen LogP contribution in [0.2, 0.25) is 0 Å². The first-order chi connectivity index (χ1) is 19.6. The molecule has 0 fully saturated rings. The molecule has 0 spiro atoms. The number of phenols is 3. The number of hydrogen-bond donors (Lipinski definition) is 5. The van der Waals surface area contributed by atoms with Crippen molar-refractivity contribution in [1.82, 2.24) is 5.01 Å². The standard InChI is InChI=1S/C17H16N2O4.2C7H6O2/c20-13-3-1-11(2-4-13)15-7-8-19(18-15)17(23)10-12-9-14(21)5-6-16(12)22;2*8-7(9)6-4-2-1-3-5-6/h1-6,9,20-22H,7-8,10H2;2*1-5H,(H,8,9). The van der Waals surface area contributed by atoms with Crippen LogP contribution in [0.25, 0.3) is 0 Å². The van der Waals surface area contributed by atoms with Crippen molar-refractivity contribution in [3.63, 3.8) is 0 Å². The fourth-order valence-electron chi connectivity index (χ4n) is 3.62. The number of nitrogens with zero attached hydrogens (tertiary/aromatic N) is 2. The number of benzene rings is 4. The van der Waals surface area contributed by atoms with Gasteiger partial charge in [-0.05, 0) is 72.3 Å². The molecule has 1 heterocycles. The lowest BCUT2D eigenvalue weighted by molar-refractivity contribution is -0.130. The molecule has 5 N–H and O–H groups in total. The summed E-state index contributed by atoms with van der Waals surface area (Å²) < 4.78 is 0. The van der Waals surface area contributed by atoms with Crippen molar-refractivity contribution >= 4 is 23.6 Å². The third kappa shape index (κ3) is 9.25. The summed E-state index contributed by atoms with van der Waals surface area (Å²) in [4.78, 5) is 32.7. The SMILES string of the molecule is O=C(Cc1cc(O)ccc1O)N1CCC(c2ccc(O)cc2)=N1.O=C(O)c1ccccc1.O=C(O)c1ccccc1. The van der Waals surface area contributed by atoms with Gasteiger partial charge in [0.1, 0.15) is 17.2 Å². The lowest BCUT2D eigenvalue weighted by Gasteiger charge is -2.12. The van der Waals surface area contributed by atoms with Crippen LogP contribution in [0.5, 0.6) is 17.2 Å². The Bertz CT molecular complexity index is 1460. The van der Waals surface area contributed by atoms with Crippen LogP contribution in [-0.4, -0.2) is 60.6 Å². The Morgan fingerprint density at radius 1 is 0.683 bits per heavy atom. The van der Waals surface area contributed by atoms with Gasteiger partial charge in [-0.15, -0.1) is 0 Å². The summed E-state index contributed by atoms with van der Waals surface area (Å²) in [5, 5.41) is 50.9. The van der Waals surface area contributed by atoms with E-state index >= 15 is 0 Å². The molecule has 0 atom stereocenters. The predicted octanol–water partition coefficient (Wildman–Crippen LogP) is 4.75. The van der Waals surface area contributed by atoms with E-state index in [9.17, 15) is 29.7 Å². The van der Waals surface area contributed by atoms with Crippen LogP contribution in [0, 0.1) is 0 Å². The third-order valence-corrected chi connectivity index (χ3v) is 5.74. The maximum atomic E-state index is 12.3. The van der Waals surface area contributed by atoms with Crippen LogP contribution >= 0.6 is 0 Å². The Hall–Kier alpha value is -5.64. The van der Waals surface area contributed by atoms with Crippen LogP contribution in [0.4, 0.5) is 0 Å². The Balaban J connectivity index is 0.000000210. The number of phenolic OH excluding ortho intramolecular Hbond substituents is 3. The summed E-state index contributed by atoms with van der Waals surface area (Å²) in [7, 11) is 0. The van der Waals surface area contributed by atoms with E-state index in [1.54, 1.807) is 84.9 Å². The van der Waals surface area contributed by atoms with Gasteiger partial charge >= 0.3 is 11.9 Å². The van der Waals surface area contributed by atoms with E-state index < -0.39 is 11.9 Å². The number of hydrogen-bond acceptors (Lipinski definition) is 7. The minimum atomic E-state index is -0.879. The zero-order valence-electron chi connectivity index (χ0n) is 21.8. The van der Waals surface area contributed by atoms with Crippen molar-refractivity contribution in [1.29, 1.82) is 0 Å². The van der Waals surface area contributed by atoms with E-state index in [0.717, 1.165) is 11.3 Å². The van der Waals surface area contributed by atoms with Crippen LogP contribution < -0.4 is 0 Å². The number of carboxylic acid groups (broad SMARTS) is 2. The van der Waals surface area contributed by atoms with Gasteiger partial charge in [-0.25, -0.2) is 14.6 Å². The van der Waals surface area contributed by atoms with Crippen molar-refractivity contribution < 1.29 is 39.9 Å². The zero-order chi connectivity index (χ0) is 29.8. The quantitative estimate of drug-likeness (QED) is 0.219. The summed E-state index contributed by atoms with van der Waals surface area (Å²) in [6.07, 6.45) is 0.592. The van der Waals surface area contributed by atoms with Gasteiger partial charge in [-0.3, -0.25) is 4.79 Å². The smallest absolute Gasteiger partial charge is 0.335 e. The Labute approximate surface area is 235 Å². The highest BCUT2D eigenvalue weighted by Crippen LogP contribution is 2.24. The molecule has 1 amide bonds. The molecule has 41 heavy (non-hydrogen) atoms. The van der Waals surface area contributed by atoms with Gasteiger partial charge < -0.3 is 25.5 Å². The van der Waals surface area contributed by atoms with E-state index in [-0.39, 0.29) is 29.6 Å². The molecule has 4 aromatic rings. The summed E-state index contributed by atoms with van der Waals surface area (Å²) in [5.74, 6) is -1.86. The Morgan fingerprint density at radius 3 is 1.68 bits per heavy atom. The molecule has 1 aliphatic rings. The molecule has 0 saturated carbocycles. The number of carbonyl (C=O) groups is 3. The van der Waals surface area contributed by atoms with Crippen molar-refractivity contribution in [2.45, 2.75) is 12.8 Å². The average Bonchev–Trinajstić information content (AvgIpc) is 3.48. The number of rotatable bonds is 5. The molecular formula is C31H28N2O8. The summed E-state index contributed by atoms with van der Waals surface area (Å²) in [6, 6.07) is 27.3. The molecule has 0 bridgehead atoms. The van der Waals surface area contributed by atoms with Crippen molar-refractivity contribution in [2.75, 3.05) is 6.54 Å². The molecule has 0 unspecified atom stereocenters. The monoisotopic (exact) mass is 556 g/mol. The van der Waals surface area contributed by atoms with Crippen LogP contribution in [0.1, 0.15) is 38.3 Å². The molecule has 10 heteroatoms. The van der Waals surface area contributed by atoms with Crippen molar-refractivity contribution in [2.24, 2.45) is 5.10 Å². The zero-order valence-corrected chi connectivity index (χ0v) is 21.8. The molecule has 0 aromatic heterocycles. The van der Waals surface area contributed by atoms with E-state index in [0.29, 0.717) is 29.7 Å². The first-order valence-corrected chi connectivity index (χ1v) is 12.4. The summed E-state index contributed by atoms with van der Waals surface area (Å²) in [6.45, 7) is 0.467. The van der Waals surface area contributed by atoms with E-state index in [1.807, 2.05) is 0 Å². The fourth-order valence-corrected chi connectivity index (χ4v) is 3.62. The number of aromatic carboxylic acids is 2. The number of carbonyl (C=O) groups excluding carboxylic acids is 1. The second-order valence-electron chi connectivity index (χ2n) is 8.69. The summed E-state index contributed by atoms with van der Waals surface area (Å²) >= 11 is 0. The summed E-state index contributed by atoms with van der Waals surface area (Å²) in [5.41, 5.74) is 2.66. The second kappa shape index (κ2) is 14.5. The fraction of sp³-hybridized carbons (Fsp3) is 0.0968. The molecule has 1 aliphatic heterocycles. The van der Waals surface area contributed by atoms with Crippen molar-refractivity contribution in [3.8, 4) is 17.2 Å². The van der Waals surface area contributed by atoms with Gasteiger partial charge in [0.25, 0.3) is 0 Å². The highest BCUT2D eigenvalue weighted by atomic mass is 16.4. The van der Waals surface area contributed by atoms with E-state index in [1.165, 1.54) is 23.2 Å². The normalized spacial score (nSPS) is 11.7.